The number of hydrogen-bond acceptors (Lipinski definition) is 7. The number of Topliss-reactive ketones (excluding diaryl/α,β-unsaturated/α-hetero) is 1. The molecule has 2 aromatic heterocycles. The molecule has 0 spiro atoms. The summed E-state index contributed by atoms with van der Waals surface area (Å²) in [6.07, 6.45) is 2.45. The van der Waals surface area contributed by atoms with Crippen molar-refractivity contribution in [1.29, 1.82) is 0 Å². The summed E-state index contributed by atoms with van der Waals surface area (Å²) >= 11 is 0. The second-order valence-electron chi connectivity index (χ2n) is 9.95. The normalized spacial score (nSPS) is 15.7. The highest BCUT2D eigenvalue weighted by Gasteiger charge is 2.27. The first-order chi connectivity index (χ1) is 17.7. The quantitative estimate of drug-likeness (QED) is 0.271. The highest BCUT2D eigenvalue weighted by Crippen LogP contribution is 2.22. The summed E-state index contributed by atoms with van der Waals surface area (Å²) < 4.78 is 4.29. The van der Waals surface area contributed by atoms with Crippen molar-refractivity contribution >= 4 is 28.5 Å². The van der Waals surface area contributed by atoms with Gasteiger partial charge in [-0.05, 0) is 44.2 Å². The lowest BCUT2D eigenvalue weighted by Crippen LogP contribution is -2.44. The Kier molecular flexibility index (Phi) is 7.83. The number of carbonyl (C=O) groups is 1. The number of piperidine rings is 1. The third kappa shape index (κ3) is 5.32. The van der Waals surface area contributed by atoms with Crippen LogP contribution in [0.25, 0.3) is 11.0 Å². The number of nitrogens with zero attached hydrogens (tertiary/aromatic N) is 5. The highest BCUT2D eigenvalue weighted by atomic mass is 16.2. The van der Waals surface area contributed by atoms with Gasteiger partial charge in [-0.2, -0.15) is 0 Å². The Hall–Kier alpha value is -3.84. The fraction of sp³-hybridized carbons (Fsp3) is 0.481. The second-order valence-corrected chi connectivity index (χ2v) is 9.95. The third-order valence-electron chi connectivity index (χ3n) is 6.74. The van der Waals surface area contributed by atoms with E-state index in [2.05, 4.69) is 16.8 Å². The summed E-state index contributed by atoms with van der Waals surface area (Å²) in [5, 5.41) is 0. The van der Waals surface area contributed by atoms with E-state index in [1.165, 1.54) is 9.36 Å². The van der Waals surface area contributed by atoms with Crippen molar-refractivity contribution in [3.8, 4) is 11.8 Å². The fourth-order valence-corrected chi connectivity index (χ4v) is 4.74. The lowest BCUT2D eigenvalue weighted by molar-refractivity contribution is 0.0958. The maximum atomic E-state index is 14.0. The first kappa shape index (κ1) is 26.2. The molecule has 4 rings (SSSR count). The van der Waals surface area contributed by atoms with Crippen molar-refractivity contribution in [2.75, 3.05) is 23.7 Å². The van der Waals surface area contributed by atoms with Crippen LogP contribution >= 0.6 is 0 Å². The summed E-state index contributed by atoms with van der Waals surface area (Å²) in [4.78, 5) is 47.8. The lowest BCUT2D eigenvalue weighted by atomic mass is 10.1. The number of nitrogens with two attached hydrogens (primary N) is 2. The molecular formula is C27H35N7O3. The van der Waals surface area contributed by atoms with Gasteiger partial charge in [-0.15, -0.1) is 5.92 Å². The molecule has 1 atom stereocenters. The van der Waals surface area contributed by atoms with Gasteiger partial charge < -0.3 is 16.4 Å². The summed E-state index contributed by atoms with van der Waals surface area (Å²) in [6.45, 7) is 7.25. The number of anilines is 2. The molecule has 3 heterocycles. The standard InChI is InChI=1S/C27H35N7O3/c1-4-5-14-32-24-23(30-27(32)31-13-8-9-19(28)16-31)25(36)33(15-12-18(2)3)34(26(24)37)17-22(35)20-10-6-7-11-21(20)29/h6-7,10-11,18-19H,8-9,12-17,28-29H2,1-3H3. The summed E-state index contributed by atoms with van der Waals surface area (Å²) in [6, 6.07) is 6.70. The van der Waals surface area contributed by atoms with E-state index < -0.39 is 11.1 Å². The van der Waals surface area contributed by atoms with Gasteiger partial charge in [0.15, 0.2) is 11.3 Å². The molecule has 1 saturated heterocycles. The molecule has 10 nitrogen and oxygen atoms in total. The van der Waals surface area contributed by atoms with Gasteiger partial charge in [0.25, 0.3) is 11.1 Å². The van der Waals surface area contributed by atoms with Crippen LogP contribution in [0.1, 0.15) is 50.4 Å². The van der Waals surface area contributed by atoms with E-state index in [0.717, 1.165) is 19.4 Å². The van der Waals surface area contributed by atoms with Crippen LogP contribution in [-0.4, -0.2) is 43.8 Å². The minimum atomic E-state index is -0.459. The summed E-state index contributed by atoms with van der Waals surface area (Å²) in [5.41, 5.74) is 12.2. The molecule has 0 bridgehead atoms. The zero-order valence-corrected chi connectivity index (χ0v) is 21.7. The molecule has 4 N–H and O–H groups in total. The van der Waals surface area contributed by atoms with Gasteiger partial charge in [0.05, 0.1) is 6.54 Å². The van der Waals surface area contributed by atoms with E-state index in [9.17, 15) is 14.4 Å². The number of imidazole rings is 1. The van der Waals surface area contributed by atoms with Crippen LogP contribution in [-0.2, 0) is 19.6 Å². The molecule has 1 unspecified atom stereocenters. The van der Waals surface area contributed by atoms with Gasteiger partial charge in [0.2, 0.25) is 5.95 Å². The predicted octanol–water partition coefficient (Wildman–Crippen LogP) is 1.82. The van der Waals surface area contributed by atoms with Crippen molar-refractivity contribution in [3.05, 3.63) is 50.5 Å². The topological polar surface area (TPSA) is 134 Å². The van der Waals surface area contributed by atoms with Crippen molar-refractivity contribution < 1.29 is 4.79 Å². The number of nitrogen functional groups attached to an aromatic ring is 1. The Labute approximate surface area is 215 Å². The zero-order chi connectivity index (χ0) is 26.7. The number of benzene rings is 1. The Balaban J connectivity index is 1.94. The van der Waals surface area contributed by atoms with Crippen molar-refractivity contribution in [2.24, 2.45) is 11.7 Å². The van der Waals surface area contributed by atoms with Crippen molar-refractivity contribution in [3.63, 3.8) is 0 Å². The first-order valence-corrected chi connectivity index (χ1v) is 12.7. The number of aromatic nitrogens is 4. The zero-order valence-electron chi connectivity index (χ0n) is 21.7. The van der Waals surface area contributed by atoms with Gasteiger partial charge in [-0.1, -0.05) is 31.9 Å². The van der Waals surface area contributed by atoms with Crippen LogP contribution in [0.5, 0.6) is 0 Å². The smallest absolute Gasteiger partial charge is 0.293 e. The lowest BCUT2D eigenvalue weighted by Gasteiger charge is -2.31. The molecule has 196 valence electrons. The average Bonchev–Trinajstić information content (AvgIpc) is 3.25. The van der Waals surface area contributed by atoms with Gasteiger partial charge in [-0.3, -0.25) is 19.0 Å². The van der Waals surface area contributed by atoms with Crippen LogP contribution in [0.3, 0.4) is 0 Å². The Morgan fingerprint density at radius 2 is 1.95 bits per heavy atom. The predicted molar refractivity (Wildman–Crippen MR) is 146 cm³/mol. The molecule has 3 aromatic rings. The van der Waals surface area contributed by atoms with E-state index in [1.807, 2.05) is 18.7 Å². The maximum Gasteiger partial charge on any atom is 0.293 e. The van der Waals surface area contributed by atoms with E-state index in [0.29, 0.717) is 30.2 Å². The van der Waals surface area contributed by atoms with Gasteiger partial charge in [0.1, 0.15) is 12.1 Å². The third-order valence-corrected chi connectivity index (χ3v) is 6.74. The minimum absolute atomic E-state index is 0.0208. The van der Waals surface area contributed by atoms with Crippen LogP contribution in [0, 0.1) is 17.8 Å². The van der Waals surface area contributed by atoms with Crippen LogP contribution in [0.2, 0.25) is 0 Å². The molecule has 1 fully saturated rings. The Morgan fingerprint density at radius 3 is 2.62 bits per heavy atom. The molecule has 0 aliphatic carbocycles. The molecule has 0 radical (unpaired) electrons. The molecule has 0 saturated carbocycles. The number of rotatable bonds is 8. The van der Waals surface area contributed by atoms with Crippen molar-refractivity contribution in [1.82, 2.24) is 18.9 Å². The number of carbonyl (C=O) groups excluding carboxylic acids is 1. The van der Waals surface area contributed by atoms with Gasteiger partial charge >= 0.3 is 0 Å². The fourth-order valence-electron chi connectivity index (χ4n) is 4.74. The molecule has 1 aliphatic heterocycles. The molecule has 1 aliphatic rings. The summed E-state index contributed by atoms with van der Waals surface area (Å²) in [5.74, 6) is 6.31. The highest BCUT2D eigenvalue weighted by molar-refractivity contribution is 6.00. The molecule has 0 amide bonds. The Morgan fingerprint density at radius 1 is 1.19 bits per heavy atom. The number of hydrogen-bond donors (Lipinski definition) is 2. The minimum Gasteiger partial charge on any atom is -0.398 e. The average molecular weight is 506 g/mol. The van der Waals surface area contributed by atoms with E-state index in [-0.39, 0.29) is 48.4 Å². The second kappa shape index (κ2) is 11.0. The molecule has 1 aromatic carbocycles. The number of ketones is 1. The van der Waals surface area contributed by atoms with Gasteiger partial charge in [-0.25, -0.2) is 14.3 Å². The monoisotopic (exact) mass is 505 g/mol. The maximum absolute atomic E-state index is 14.0. The van der Waals surface area contributed by atoms with Crippen LogP contribution in [0.15, 0.2) is 33.9 Å². The SMILES string of the molecule is CC#CCn1c(N2CCCC(N)C2)nc2c(=O)n(CCC(C)C)n(CC(=O)c3ccccc3N)c(=O)c21. The van der Waals surface area contributed by atoms with E-state index in [1.54, 1.807) is 35.8 Å². The number of fused-ring (bicyclic) bond motifs is 1. The van der Waals surface area contributed by atoms with Gasteiger partial charge in [0, 0.05) is 36.9 Å². The van der Waals surface area contributed by atoms with E-state index >= 15 is 0 Å². The largest absolute Gasteiger partial charge is 0.398 e. The molecule has 10 heteroatoms. The Bertz CT molecular complexity index is 1490. The van der Waals surface area contributed by atoms with Crippen molar-refractivity contribution in [2.45, 2.75) is 65.7 Å². The number of para-hydroxylation sites is 1. The summed E-state index contributed by atoms with van der Waals surface area (Å²) in [7, 11) is 0. The molecular weight excluding hydrogens is 470 g/mol. The first-order valence-electron chi connectivity index (χ1n) is 12.7. The van der Waals surface area contributed by atoms with Crippen LogP contribution < -0.4 is 27.5 Å². The molecule has 37 heavy (non-hydrogen) atoms. The van der Waals surface area contributed by atoms with Crippen LogP contribution in [0.4, 0.5) is 11.6 Å². The van der Waals surface area contributed by atoms with E-state index in [4.69, 9.17) is 11.5 Å².